The van der Waals surface area contributed by atoms with Gasteiger partial charge in [-0.1, -0.05) is 19.4 Å². The summed E-state index contributed by atoms with van der Waals surface area (Å²) < 4.78 is 5.69. The lowest BCUT2D eigenvalue weighted by Crippen LogP contribution is -2.11. The molecule has 1 aromatic carbocycles. The van der Waals surface area contributed by atoms with Gasteiger partial charge in [-0.2, -0.15) is 5.26 Å². The van der Waals surface area contributed by atoms with Crippen molar-refractivity contribution in [1.29, 1.82) is 5.26 Å². The number of pyridine rings is 1. The van der Waals surface area contributed by atoms with E-state index < -0.39 is 0 Å². The standard InChI is InChI=1S/C15H16N2O2/c1-3-4-8-19-13-7-5-6-11-14(13)17-10(2)12(9-16)15(11)18/h5-7H,3-4,8H2,1-2H3,(H,17,18). The zero-order valence-electron chi connectivity index (χ0n) is 11.1. The zero-order valence-corrected chi connectivity index (χ0v) is 11.1. The van der Waals surface area contributed by atoms with Crippen LogP contribution in [0.2, 0.25) is 0 Å². The summed E-state index contributed by atoms with van der Waals surface area (Å²) in [7, 11) is 0. The van der Waals surface area contributed by atoms with Gasteiger partial charge < -0.3 is 9.72 Å². The lowest BCUT2D eigenvalue weighted by Gasteiger charge is -2.10. The van der Waals surface area contributed by atoms with Gasteiger partial charge in [0.05, 0.1) is 17.5 Å². The number of unbranched alkanes of at least 4 members (excludes halogenated alkanes) is 1. The molecule has 0 saturated heterocycles. The van der Waals surface area contributed by atoms with Crippen molar-refractivity contribution in [3.05, 3.63) is 39.7 Å². The summed E-state index contributed by atoms with van der Waals surface area (Å²) >= 11 is 0. The molecule has 0 aliphatic rings. The fourth-order valence-electron chi connectivity index (χ4n) is 1.99. The maximum atomic E-state index is 12.2. The Morgan fingerprint density at radius 1 is 1.42 bits per heavy atom. The van der Waals surface area contributed by atoms with Crippen LogP contribution in [0.1, 0.15) is 31.0 Å². The van der Waals surface area contributed by atoms with Gasteiger partial charge in [-0.25, -0.2) is 0 Å². The highest BCUT2D eigenvalue weighted by Gasteiger charge is 2.11. The van der Waals surface area contributed by atoms with Crippen LogP contribution in [0.3, 0.4) is 0 Å². The number of nitrogens with zero attached hydrogens (tertiary/aromatic N) is 1. The number of fused-ring (bicyclic) bond motifs is 1. The normalized spacial score (nSPS) is 10.4. The highest BCUT2D eigenvalue weighted by molar-refractivity contribution is 5.85. The van der Waals surface area contributed by atoms with Crippen molar-refractivity contribution in [1.82, 2.24) is 4.98 Å². The number of aromatic amines is 1. The Morgan fingerprint density at radius 2 is 2.21 bits per heavy atom. The van der Waals surface area contributed by atoms with Crippen molar-refractivity contribution in [2.45, 2.75) is 26.7 Å². The minimum Gasteiger partial charge on any atom is -0.491 e. The van der Waals surface area contributed by atoms with Crippen LogP contribution in [0.25, 0.3) is 10.9 Å². The van der Waals surface area contributed by atoms with E-state index in [1.54, 1.807) is 19.1 Å². The Hall–Kier alpha value is -2.28. The summed E-state index contributed by atoms with van der Waals surface area (Å²) in [6, 6.07) is 7.26. The molecule has 0 aliphatic heterocycles. The first-order valence-electron chi connectivity index (χ1n) is 6.37. The Labute approximate surface area is 111 Å². The van der Waals surface area contributed by atoms with Crippen LogP contribution in [0.5, 0.6) is 5.75 Å². The number of aromatic nitrogens is 1. The Kier molecular flexibility index (Phi) is 3.86. The van der Waals surface area contributed by atoms with E-state index in [4.69, 9.17) is 10.00 Å². The number of benzene rings is 1. The number of nitrogens with one attached hydrogen (secondary N) is 1. The second kappa shape index (κ2) is 5.57. The quantitative estimate of drug-likeness (QED) is 0.855. The summed E-state index contributed by atoms with van der Waals surface area (Å²) in [6.07, 6.45) is 2.02. The van der Waals surface area contributed by atoms with Crippen LogP contribution in [0, 0.1) is 18.3 Å². The molecular formula is C15H16N2O2. The van der Waals surface area contributed by atoms with E-state index in [1.165, 1.54) is 0 Å². The van der Waals surface area contributed by atoms with Crippen LogP contribution in [0.15, 0.2) is 23.0 Å². The fraction of sp³-hybridized carbons (Fsp3) is 0.333. The molecule has 98 valence electrons. The summed E-state index contributed by atoms with van der Waals surface area (Å²) in [5.74, 6) is 0.663. The van der Waals surface area contributed by atoms with Crippen LogP contribution >= 0.6 is 0 Å². The molecule has 1 aromatic heterocycles. The Balaban J connectivity index is 2.57. The molecule has 0 radical (unpaired) electrons. The molecule has 0 atom stereocenters. The molecule has 0 amide bonds. The highest BCUT2D eigenvalue weighted by atomic mass is 16.5. The van der Waals surface area contributed by atoms with Gasteiger partial charge in [-0.3, -0.25) is 4.79 Å². The molecular weight excluding hydrogens is 240 g/mol. The lowest BCUT2D eigenvalue weighted by atomic mass is 10.1. The van der Waals surface area contributed by atoms with Crippen LogP contribution in [0.4, 0.5) is 0 Å². The smallest absolute Gasteiger partial charge is 0.207 e. The summed E-state index contributed by atoms with van der Waals surface area (Å²) in [5, 5.41) is 9.50. The third-order valence-corrected chi connectivity index (χ3v) is 3.05. The van der Waals surface area contributed by atoms with Crippen molar-refractivity contribution in [2.24, 2.45) is 0 Å². The topological polar surface area (TPSA) is 65.9 Å². The highest BCUT2D eigenvalue weighted by Crippen LogP contribution is 2.22. The van der Waals surface area contributed by atoms with Gasteiger partial charge in [0.25, 0.3) is 0 Å². The van der Waals surface area contributed by atoms with E-state index in [0.29, 0.717) is 29.0 Å². The van der Waals surface area contributed by atoms with Crippen molar-refractivity contribution in [3.63, 3.8) is 0 Å². The minimum absolute atomic E-state index is 0.165. The number of para-hydroxylation sites is 1. The van der Waals surface area contributed by atoms with Gasteiger partial charge in [0.1, 0.15) is 17.4 Å². The van der Waals surface area contributed by atoms with Crippen molar-refractivity contribution in [2.75, 3.05) is 6.61 Å². The lowest BCUT2D eigenvalue weighted by molar-refractivity contribution is 0.312. The third kappa shape index (κ3) is 2.45. The molecule has 4 heteroatoms. The minimum atomic E-state index is -0.241. The van der Waals surface area contributed by atoms with E-state index in [1.807, 2.05) is 12.1 Å². The number of H-pyrrole nitrogens is 1. The van der Waals surface area contributed by atoms with Gasteiger partial charge in [0.2, 0.25) is 5.43 Å². The third-order valence-electron chi connectivity index (χ3n) is 3.05. The first-order valence-corrected chi connectivity index (χ1v) is 6.37. The fourth-order valence-corrected chi connectivity index (χ4v) is 1.99. The van der Waals surface area contributed by atoms with E-state index in [2.05, 4.69) is 11.9 Å². The van der Waals surface area contributed by atoms with Crippen molar-refractivity contribution >= 4 is 10.9 Å². The number of aryl methyl sites for hydroxylation is 1. The van der Waals surface area contributed by atoms with E-state index >= 15 is 0 Å². The maximum Gasteiger partial charge on any atom is 0.207 e. The zero-order chi connectivity index (χ0) is 13.8. The molecule has 1 heterocycles. The first kappa shape index (κ1) is 13.2. The van der Waals surface area contributed by atoms with Gasteiger partial charge in [0.15, 0.2) is 0 Å². The molecule has 0 unspecified atom stereocenters. The molecule has 2 aromatic rings. The van der Waals surface area contributed by atoms with Crippen LogP contribution < -0.4 is 10.2 Å². The van der Waals surface area contributed by atoms with Gasteiger partial charge in [-0.05, 0) is 25.5 Å². The van der Waals surface area contributed by atoms with Gasteiger partial charge in [0, 0.05) is 5.69 Å². The van der Waals surface area contributed by atoms with E-state index in [9.17, 15) is 4.79 Å². The van der Waals surface area contributed by atoms with Crippen molar-refractivity contribution in [3.8, 4) is 11.8 Å². The number of rotatable bonds is 4. The summed E-state index contributed by atoms with van der Waals surface area (Å²) in [6.45, 7) is 4.44. The van der Waals surface area contributed by atoms with Crippen LogP contribution in [-0.2, 0) is 0 Å². The molecule has 19 heavy (non-hydrogen) atoms. The van der Waals surface area contributed by atoms with E-state index in [-0.39, 0.29) is 11.0 Å². The average Bonchev–Trinajstić information content (AvgIpc) is 2.40. The number of ether oxygens (including phenoxy) is 1. The van der Waals surface area contributed by atoms with Crippen LogP contribution in [-0.4, -0.2) is 11.6 Å². The molecule has 0 fully saturated rings. The predicted octanol–water partition coefficient (Wildman–Crippen LogP) is 2.89. The second-order valence-corrected chi connectivity index (χ2v) is 4.45. The first-order chi connectivity index (χ1) is 9.19. The predicted molar refractivity (Wildman–Crippen MR) is 74.4 cm³/mol. The monoisotopic (exact) mass is 256 g/mol. The molecule has 0 bridgehead atoms. The Morgan fingerprint density at radius 3 is 2.89 bits per heavy atom. The summed E-state index contributed by atoms with van der Waals surface area (Å²) in [4.78, 5) is 15.3. The maximum absolute atomic E-state index is 12.2. The number of nitriles is 1. The largest absolute Gasteiger partial charge is 0.491 e. The SMILES string of the molecule is CCCCOc1cccc2c(=O)c(C#N)c(C)[nH]c12. The van der Waals surface area contributed by atoms with Gasteiger partial charge in [-0.15, -0.1) is 0 Å². The molecule has 1 N–H and O–H groups in total. The Bertz CT molecular complexity index is 696. The molecule has 4 nitrogen and oxygen atoms in total. The molecule has 0 aliphatic carbocycles. The number of hydrogen-bond acceptors (Lipinski definition) is 3. The average molecular weight is 256 g/mol. The summed E-state index contributed by atoms with van der Waals surface area (Å²) in [5.41, 5.74) is 1.17. The van der Waals surface area contributed by atoms with Gasteiger partial charge >= 0.3 is 0 Å². The number of hydrogen-bond donors (Lipinski definition) is 1. The van der Waals surface area contributed by atoms with Crippen molar-refractivity contribution < 1.29 is 4.74 Å². The molecule has 2 rings (SSSR count). The second-order valence-electron chi connectivity index (χ2n) is 4.45. The van der Waals surface area contributed by atoms with E-state index in [0.717, 1.165) is 12.8 Å². The molecule has 0 spiro atoms. The molecule has 0 saturated carbocycles.